The summed E-state index contributed by atoms with van der Waals surface area (Å²) in [4.78, 5) is 32.2. The minimum absolute atomic E-state index is 0.00681. The molecule has 0 N–H and O–H groups in total. The number of hydrogen-bond donors (Lipinski definition) is 0. The average molecular weight is 409 g/mol. The maximum Gasteiger partial charge on any atom is 0.276 e. The summed E-state index contributed by atoms with van der Waals surface area (Å²) in [5, 5.41) is 5.01. The molecule has 4 rings (SSSR count). The van der Waals surface area contributed by atoms with Crippen LogP contribution in [0.5, 0.6) is 0 Å². The van der Waals surface area contributed by atoms with E-state index in [2.05, 4.69) is 10.1 Å². The van der Waals surface area contributed by atoms with Crippen LogP contribution < -0.4 is 4.90 Å². The molecule has 0 aliphatic carbocycles. The molecule has 1 atom stereocenters. The normalized spacial score (nSPS) is 16.1. The first-order chi connectivity index (χ1) is 13.8. The quantitative estimate of drug-likeness (QED) is 0.607. The third-order valence-electron chi connectivity index (χ3n) is 5.08. The van der Waals surface area contributed by atoms with E-state index < -0.39 is 0 Å². The molecule has 3 heterocycles. The Labute approximate surface area is 174 Å². The minimum Gasteiger partial charge on any atom is -0.305 e. The van der Waals surface area contributed by atoms with E-state index in [1.807, 2.05) is 32.9 Å². The number of anilines is 1. The summed E-state index contributed by atoms with van der Waals surface area (Å²) in [6, 6.07) is 10.7. The van der Waals surface area contributed by atoms with Gasteiger partial charge in [-0.1, -0.05) is 11.6 Å². The van der Waals surface area contributed by atoms with Gasteiger partial charge in [0.2, 0.25) is 0 Å². The number of aromatic nitrogens is 3. The van der Waals surface area contributed by atoms with Gasteiger partial charge >= 0.3 is 0 Å². The molecule has 148 valence electrons. The first kappa shape index (κ1) is 19.3. The number of carbonyl (C=O) groups excluding carboxylic acids is 2. The molecule has 6 nitrogen and oxygen atoms in total. The van der Waals surface area contributed by atoms with Gasteiger partial charge in [-0.15, -0.1) is 0 Å². The van der Waals surface area contributed by atoms with Crippen molar-refractivity contribution < 1.29 is 9.59 Å². The van der Waals surface area contributed by atoms with Crippen LogP contribution in [0.15, 0.2) is 42.6 Å². The Bertz CT molecular complexity index is 1080. The third-order valence-corrected chi connectivity index (χ3v) is 5.33. The fraction of sp³-hybridized carbons (Fsp3) is 0.273. The minimum atomic E-state index is -0.159. The Kier molecular flexibility index (Phi) is 4.96. The number of rotatable bonds is 4. The molecular weight excluding hydrogens is 388 g/mol. The Balaban J connectivity index is 1.66. The number of pyridine rings is 1. The Morgan fingerprint density at radius 1 is 1.17 bits per heavy atom. The molecule has 0 fully saturated rings. The highest BCUT2D eigenvalue weighted by Crippen LogP contribution is 2.29. The van der Waals surface area contributed by atoms with E-state index >= 15 is 0 Å². The second-order valence-corrected chi connectivity index (χ2v) is 7.88. The number of aryl methyl sites for hydroxylation is 2. The molecule has 0 radical (unpaired) electrons. The van der Waals surface area contributed by atoms with E-state index in [9.17, 15) is 9.59 Å². The molecule has 29 heavy (non-hydrogen) atoms. The smallest absolute Gasteiger partial charge is 0.276 e. The average Bonchev–Trinajstić information content (AvgIpc) is 3.09. The molecule has 3 aromatic rings. The first-order valence-corrected chi connectivity index (χ1v) is 9.83. The number of ketones is 1. The molecule has 0 unspecified atom stereocenters. The van der Waals surface area contributed by atoms with Crippen LogP contribution in [0.3, 0.4) is 0 Å². The monoisotopic (exact) mass is 408 g/mol. The van der Waals surface area contributed by atoms with E-state index in [-0.39, 0.29) is 24.2 Å². The summed E-state index contributed by atoms with van der Waals surface area (Å²) in [6.07, 6.45) is 1.75. The Morgan fingerprint density at radius 3 is 2.48 bits per heavy atom. The van der Waals surface area contributed by atoms with Crippen molar-refractivity contribution >= 4 is 29.0 Å². The number of amides is 1. The predicted octanol–water partition coefficient (Wildman–Crippen LogP) is 4.20. The summed E-state index contributed by atoms with van der Waals surface area (Å²) in [7, 11) is 0. The number of nitrogens with zero attached hydrogens (tertiary/aromatic N) is 4. The lowest BCUT2D eigenvalue weighted by atomic mass is 10.0. The van der Waals surface area contributed by atoms with Crippen molar-refractivity contribution in [3.63, 3.8) is 0 Å². The van der Waals surface area contributed by atoms with Gasteiger partial charge in [-0.05, 0) is 57.2 Å². The lowest BCUT2D eigenvalue weighted by Gasteiger charge is -2.32. The van der Waals surface area contributed by atoms with Crippen LogP contribution >= 0.6 is 11.6 Å². The summed E-state index contributed by atoms with van der Waals surface area (Å²) in [6.45, 7) is 6.24. The predicted molar refractivity (Wildman–Crippen MR) is 112 cm³/mol. The van der Waals surface area contributed by atoms with Crippen LogP contribution in [0.4, 0.5) is 5.69 Å². The zero-order chi connectivity index (χ0) is 20.7. The van der Waals surface area contributed by atoms with Gasteiger partial charge in [-0.25, -0.2) is 0 Å². The molecule has 7 heteroatoms. The molecule has 0 saturated heterocycles. The molecular formula is C22H21ClN4O2. The van der Waals surface area contributed by atoms with Gasteiger partial charge in [0.05, 0.1) is 12.2 Å². The molecule has 1 amide bonds. The van der Waals surface area contributed by atoms with E-state index in [4.69, 9.17) is 11.6 Å². The second kappa shape index (κ2) is 7.44. The highest BCUT2D eigenvalue weighted by atomic mass is 35.5. The molecule has 1 aromatic carbocycles. The molecule has 0 bridgehead atoms. The maximum absolute atomic E-state index is 13.3. The van der Waals surface area contributed by atoms with E-state index in [0.717, 1.165) is 17.1 Å². The van der Waals surface area contributed by atoms with Crippen molar-refractivity contribution in [2.24, 2.45) is 0 Å². The number of halogens is 1. The number of benzene rings is 1. The molecule has 0 saturated carbocycles. The van der Waals surface area contributed by atoms with Gasteiger partial charge in [0.1, 0.15) is 5.69 Å². The highest BCUT2D eigenvalue weighted by molar-refractivity contribution is 6.30. The molecule has 1 aliphatic heterocycles. The van der Waals surface area contributed by atoms with Gasteiger partial charge in [0.25, 0.3) is 5.91 Å². The van der Waals surface area contributed by atoms with E-state index in [0.29, 0.717) is 28.4 Å². The number of fused-ring (bicyclic) bond motifs is 1. The van der Waals surface area contributed by atoms with Gasteiger partial charge in [-0.3, -0.25) is 19.3 Å². The van der Waals surface area contributed by atoms with Crippen LogP contribution in [-0.4, -0.2) is 33.0 Å². The van der Waals surface area contributed by atoms with Crippen LogP contribution in [0.1, 0.15) is 50.8 Å². The molecule has 2 aromatic heterocycles. The van der Waals surface area contributed by atoms with Crippen LogP contribution in [0, 0.1) is 13.8 Å². The lowest BCUT2D eigenvalue weighted by Crippen LogP contribution is -2.43. The largest absolute Gasteiger partial charge is 0.305 e. The lowest BCUT2D eigenvalue weighted by molar-refractivity contribution is 0.0951. The molecule has 0 spiro atoms. The Morgan fingerprint density at radius 2 is 1.83 bits per heavy atom. The summed E-state index contributed by atoms with van der Waals surface area (Å²) in [5.74, 6) is -0.216. The fourth-order valence-corrected chi connectivity index (χ4v) is 3.89. The topological polar surface area (TPSA) is 68.1 Å². The zero-order valence-electron chi connectivity index (χ0n) is 16.5. The van der Waals surface area contributed by atoms with Gasteiger partial charge in [0, 0.05) is 46.2 Å². The third kappa shape index (κ3) is 3.68. The van der Waals surface area contributed by atoms with Crippen LogP contribution in [-0.2, 0) is 6.42 Å². The summed E-state index contributed by atoms with van der Waals surface area (Å²) in [5.41, 5.74) is 4.07. The number of carbonyl (C=O) groups is 2. The number of Topliss-reactive ketones (excluding diaryl/α,β-unsaturated/α-hetero) is 1. The SMILES string of the molecule is Cc1cc(C(=O)Cc2cnn3c2C(=O)N(c2ccc(Cl)cc2)C[C@@H]3C)cc(C)n1. The van der Waals surface area contributed by atoms with Crippen LogP contribution in [0.25, 0.3) is 0 Å². The number of hydrogen-bond acceptors (Lipinski definition) is 4. The summed E-state index contributed by atoms with van der Waals surface area (Å²) < 4.78 is 1.72. The molecule has 1 aliphatic rings. The first-order valence-electron chi connectivity index (χ1n) is 9.46. The van der Waals surface area contributed by atoms with E-state index in [1.165, 1.54) is 0 Å². The van der Waals surface area contributed by atoms with Gasteiger partial charge in [0.15, 0.2) is 5.78 Å². The maximum atomic E-state index is 13.3. The van der Waals surface area contributed by atoms with E-state index in [1.54, 1.807) is 40.0 Å². The van der Waals surface area contributed by atoms with Crippen molar-refractivity contribution in [2.45, 2.75) is 33.2 Å². The van der Waals surface area contributed by atoms with Gasteiger partial charge < -0.3 is 4.90 Å². The zero-order valence-corrected chi connectivity index (χ0v) is 17.3. The standard InChI is InChI=1S/C22H21ClN4O2/c1-13-8-16(9-14(2)25-13)20(28)10-17-11-24-27-15(3)12-26(22(29)21(17)27)19-6-4-18(23)5-7-19/h4-9,11,15H,10,12H2,1-3H3/t15-/m0/s1. The fourth-order valence-electron chi connectivity index (χ4n) is 3.76. The summed E-state index contributed by atoms with van der Waals surface area (Å²) >= 11 is 5.98. The van der Waals surface area contributed by atoms with Crippen molar-refractivity contribution in [3.05, 3.63) is 75.8 Å². The van der Waals surface area contributed by atoms with Crippen molar-refractivity contribution in [1.82, 2.24) is 14.8 Å². The highest BCUT2D eigenvalue weighted by Gasteiger charge is 2.33. The van der Waals surface area contributed by atoms with Crippen molar-refractivity contribution in [1.29, 1.82) is 0 Å². The van der Waals surface area contributed by atoms with Gasteiger partial charge in [-0.2, -0.15) is 5.10 Å². The van der Waals surface area contributed by atoms with Crippen molar-refractivity contribution in [2.75, 3.05) is 11.4 Å². The van der Waals surface area contributed by atoms with Crippen molar-refractivity contribution in [3.8, 4) is 0 Å². The Hall–Kier alpha value is -2.99. The second-order valence-electron chi connectivity index (χ2n) is 7.44. The van der Waals surface area contributed by atoms with Crippen LogP contribution in [0.2, 0.25) is 5.02 Å².